The molecule has 0 N–H and O–H groups in total. The van der Waals surface area contributed by atoms with Crippen molar-refractivity contribution in [2.24, 2.45) is 0 Å². The second-order valence-electron chi connectivity index (χ2n) is 4.82. The van der Waals surface area contributed by atoms with E-state index in [9.17, 15) is 4.79 Å². The highest BCUT2D eigenvalue weighted by molar-refractivity contribution is 7.19. The van der Waals surface area contributed by atoms with Gasteiger partial charge in [0, 0.05) is 11.9 Å². The van der Waals surface area contributed by atoms with E-state index in [1.165, 1.54) is 0 Å². The highest BCUT2D eigenvalue weighted by Gasteiger charge is 2.24. The van der Waals surface area contributed by atoms with E-state index in [0.717, 1.165) is 23.2 Å². The highest BCUT2D eigenvalue weighted by Crippen LogP contribution is 2.26. The second-order valence-corrected chi connectivity index (χ2v) is 5.63. The molecule has 0 saturated carbocycles. The summed E-state index contributed by atoms with van der Waals surface area (Å²) >= 11 is 0. The number of aromatic nitrogens is 2. The quantitative estimate of drug-likeness (QED) is 0.626. The minimum absolute atomic E-state index is 0.0318. The molecule has 0 fully saturated rings. The number of nitrogens with zero attached hydrogens (tertiary/aromatic N) is 2. The van der Waals surface area contributed by atoms with Gasteiger partial charge in [-0.25, -0.2) is 4.52 Å². The Morgan fingerprint density at radius 2 is 2.17 bits per heavy atom. The van der Waals surface area contributed by atoms with Gasteiger partial charge in [-0.2, -0.15) is 5.10 Å². The maximum absolute atomic E-state index is 12.5. The van der Waals surface area contributed by atoms with Crippen molar-refractivity contribution in [3.05, 3.63) is 35.7 Å². The van der Waals surface area contributed by atoms with Crippen LogP contribution < -0.4 is 0 Å². The van der Waals surface area contributed by atoms with Crippen molar-refractivity contribution in [1.82, 2.24) is 9.61 Å². The van der Waals surface area contributed by atoms with Gasteiger partial charge in [-0.05, 0) is 24.5 Å². The molecular formula is C14H19N2OP. The van der Waals surface area contributed by atoms with Crippen LogP contribution >= 0.6 is 9.24 Å². The summed E-state index contributed by atoms with van der Waals surface area (Å²) < 4.78 is 1.80. The molecule has 0 aromatic carbocycles. The summed E-state index contributed by atoms with van der Waals surface area (Å²) in [7, 11) is 2.63. The number of hydrogen-bond donors (Lipinski definition) is 0. The summed E-state index contributed by atoms with van der Waals surface area (Å²) in [4.78, 5) is 12.5. The topological polar surface area (TPSA) is 34.4 Å². The molecule has 2 unspecified atom stereocenters. The van der Waals surface area contributed by atoms with Gasteiger partial charge in [0.05, 0.1) is 16.8 Å². The highest BCUT2D eigenvalue weighted by atomic mass is 31.0. The summed E-state index contributed by atoms with van der Waals surface area (Å²) in [6.45, 7) is 6.17. The Bertz CT molecular complexity index is 574. The third-order valence-electron chi connectivity index (χ3n) is 3.14. The minimum Gasteiger partial charge on any atom is -0.293 e. The van der Waals surface area contributed by atoms with Crippen LogP contribution in [0, 0.1) is 0 Å². The number of carbonyl (C=O) groups excluding carboxylic acids is 1. The third-order valence-corrected chi connectivity index (χ3v) is 3.91. The zero-order valence-corrected chi connectivity index (χ0v) is 12.2. The fraction of sp³-hybridized carbons (Fsp3) is 0.429. The Kier molecular flexibility index (Phi) is 3.82. The molecule has 0 aliphatic carbocycles. The van der Waals surface area contributed by atoms with Crippen molar-refractivity contribution < 1.29 is 4.79 Å². The molecule has 2 atom stereocenters. The van der Waals surface area contributed by atoms with E-state index in [4.69, 9.17) is 0 Å². The minimum atomic E-state index is -0.0318. The molecule has 0 aliphatic rings. The number of hydrogen-bond acceptors (Lipinski definition) is 2. The zero-order valence-electron chi connectivity index (χ0n) is 11.1. The van der Waals surface area contributed by atoms with Crippen LogP contribution in [0.2, 0.25) is 0 Å². The lowest BCUT2D eigenvalue weighted by Gasteiger charge is -2.09. The fourth-order valence-electron chi connectivity index (χ4n) is 2.04. The molecule has 2 aromatic rings. The van der Waals surface area contributed by atoms with E-state index in [0.29, 0.717) is 0 Å². The van der Waals surface area contributed by atoms with Gasteiger partial charge in [-0.1, -0.05) is 26.8 Å². The molecule has 0 aliphatic heterocycles. The van der Waals surface area contributed by atoms with Gasteiger partial charge in [-0.15, -0.1) is 9.24 Å². The van der Waals surface area contributed by atoms with Gasteiger partial charge in [-0.3, -0.25) is 4.79 Å². The number of rotatable bonds is 4. The molecule has 0 bridgehead atoms. The number of fused-ring (bicyclic) bond motifs is 1. The molecule has 18 heavy (non-hydrogen) atoms. The van der Waals surface area contributed by atoms with Crippen LogP contribution in [-0.2, 0) is 0 Å². The maximum Gasteiger partial charge on any atom is 0.173 e. The fourth-order valence-corrected chi connectivity index (χ4v) is 2.21. The molecule has 0 spiro atoms. The third kappa shape index (κ3) is 2.20. The summed E-state index contributed by atoms with van der Waals surface area (Å²) in [5.41, 5.74) is 2.56. The monoisotopic (exact) mass is 262 g/mol. The zero-order chi connectivity index (χ0) is 13.3. The van der Waals surface area contributed by atoms with Crippen molar-refractivity contribution in [1.29, 1.82) is 0 Å². The van der Waals surface area contributed by atoms with E-state index < -0.39 is 0 Å². The van der Waals surface area contributed by atoms with E-state index in [1.807, 2.05) is 31.3 Å². The van der Waals surface area contributed by atoms with Crippen LogP contribution in [0.5, 0.6) is 0 Å². The van der Waals surface area contributed by atoms with Gasteiger partial charge < -0.3 is 0 Å². The molecule has 96 valence electrons. The molecule has 2 aromatic heterocycles. The Balaban J connectivity index is 2.65. The standard InChI is InChI=1S/C14H19N2OP/c1-4-11(18)14(17)12-10-7-5-6-8-16(10)15-13(12)9(2)3/h5-9,11H,4,18H2,1-3H3. The first-order chi connectivity index (χ1) is 8.56. The number of ketones is 1. The molecule has 0 radical (unpaired) electrons. The van der Waals surface area contributed by atoms with Crippen LogP contribution in [0.15, 0.2) is 24.4 Å². The molecule has 0 saturated heterocycles. The number of carbonyl (C=O) groups is 1. The number of Topliss-reactive ketones (excluding diaryl/α,β-unsaturated/α-hetero) is 1. The van der Waals surface area contributed by atoms with Crippen molar-refractivity contribution in [2.75, 3.05) is 0 Å². The van der Waals surface area contributed by atoms with Crippen molar-refractivity contribution in [3.8, 4) is 0 Å². The Hall–Kier alpha value is -1.21. The van der Waals surface area contributed by atoms with Crippen LogP contribution in [0.3, 0.4) is 0 Å². The normalized spacial score (nSPS) is 13.2. The first kappa shape index (κ1) is 13.2. The van der Waals surface area contributed by atoms with E-state index in [-0.39, 0.29) is 17.4 Å². The Morgan fingerprint density at radius 3 is 2.78 bits per heavy atom. The average Bonchev–Trinajstić information content (AvgIpc) is 2.76. The largest absolute Gasteiger partial charge is 0.293 e. The van der Waals surface area contributed by atoms with Gasteiger partial charge in [0.2, 0.25) is 0 Å². The van der Waals surface area contributed by atoms with Gasteiger partial charge in [0.15, 0.2) is 5.78 Å². The molecule has 3 nitrogen and oxygen atoms in total. The lowest BCUT2D eigenvalue weighted by atomic mass is 9.99. The molecule has 0 amide bonds. The lowest BCUT2D eigenvalue weighted by molar-refractivity contribution is 0.0988. The Labute approximate surface area is 110 Å². The van der Waals surface area contributed by atoms with Crippen molar-refractivity contribution in [3.63, 3.8) is 0 Å². The van der Waals surface area contributed by atoms with E-state index >= 15 is 0 Å². The van der Waals surface area contributed by atoms with Gasteiger partial charge in [0.1, 0.15) is 0 Å². The summed E-state index contributed by atoms with van der Waals surface area (Å²) in [5, 5.41) is 4.54. The summed E-state index contributed by atoms with van der Waals surface area (Å²) in [6, 6.07) is 5.83. The van der Waals surface area contributed by atoms with E-state index in [2.05, 4.69) is 28.2 Å². The maximum atomic E-state index is 12.5. The predicted octanol–water partition coefficient (Wildman–Crippen LogP) is 3.29. The van der Waals surface area contributed by atoms with Crippen molar-refractivity contribution in [2.45, 2.75) is 38.8 Å². The van der Waals surface area contributed by atoms with Crippen LogP contribution in [0.4, 0.5) is 0 Å². The van der Waals surface area contributed by atoms with Crippen LogP contribution in [-0.4, -0.2) is 21.1 Å². The Morgan fingerprint density at radius 1 is 1.44 bits per heavy atom. The summed E-state index contributed by atoms with van der Waals surface area (Å²) in [6.07, 6.45) is 2.72. The van der Waals surface area contributed by atoms with Gasteiger partial charge in [0.25, 0.3) is 0 Å². The van der Waals surface area contributed by atoms with E-state index in [1.54, 1.807) is 4.52 Å². The molecule has 2 heterocycles. The smallest absolute Gasteiger partial charge is 0.173 e. The average molecular weight is 262 g/mol. The van der Waals surface area contributed by atoms with Crippen LogP contribution in [0.1, 0.15) is 49.2 Å². The molecule has 2 rings (SSSR count). The molecule has 4 heteroatoms. The molecular weight excluding hydrogens is 243 g/mol. The first-order valence-electron chi connectivity index (χ1n) is 6.33. The van der Waals surface area contributed by atoms with Crippen molar-refractivity contribution >= 4 is 20.5 Å². The summed E-state index contributed by atoms with van der Waals surface area (Å²) in [5.74, 6) is 0.422. The lowest BCUT2D eigenvalue weighted by Crippen LogP contribution is -2.15. The predicted molar refractivity (Wildman–Crippen MR) is 77.4 cm³/mol. The number of pyridine rings is 1. The van der Waals surface area contributed by atoms with Crippen LogP contribution in [0.25, 0.3) is 5.52 Å². The SMILES string of the molecule is CCC(P)C(=O)c1c(C(C)C)nn2ccccc12. The first-order valence-corrected chi connectivity index (χ1v) is 7.00. The second kappa shape index (κ2) is 5.19. The van der Waals surface area contributed by atoms with Gasteiger partial charge >= 0.3 is 0 Å².